The fraction of sp³-hybridized carbons (Fsp3) is 1.00. The fourth-order valence-electron chi connectivity index (χ4n) is 4.32. The third kappa shape index (κ3) is 4.48. The van der Waals surface area contributed by atoms with Gasteiger partial charge in [-0.3, -0.25) is 0 Å². The monoisotopic (exact) mass is 265 g/mol. The maximum absolute atomic E-state index is 4.07. The second-order valence-electron chi connectivity index (χ2n) is 8.34. The van der Waals surface area contributed by atoms with Crippen LogP contribution in [0, 0.1) is 17.3 Å². The molecule has 0 aromatic rings. The van der Waals surface area contributed by atoms with Gasteiger partial charge in [0.1, 0.15) is 0 Å². The van der Waals surface area contributed by atoms with Crippen molar-refractivity contribution in [3.05, 3.63) is 0 Å². The Labute approximate surface area is 120 Å². The lowest BCUT2D eigenvalue weighted by atomic mass is 9.69. The summed E-state index contributed by atoms with van der Waals surface area (Å²) in [7, 11) is 0. The van der Waals surface area contributed by atoms with Gasteiger partial charge in [0, 0.05) is 12.1 Å². The minimum absolute atomic E-state index is 0.468. The van der Waals surface area contributed by atoms with Gasteiger partial charge in [0.15, 0.2) is 0 Å². The average molecular weight is 265 g/mol. The van der Waals surface area contributed by atoms with Crippen LogP contribution in [-0.4, -0.2) is 12.1 Å². The van der Waals surface area contributed by atoms with E-state index in [0.717, 1.165) is 23.9 Å². The van der Waals surface area contributed by atoms with Crippen LogP contribution in [0.4, 0.5) is 0 Å². The Balaban J connectivity index is 1.91. The first-order valence-corrected chi connectivity index (χ1v) is 8.73. The summed E-state index contributed by atoms with van der Waals surface area (Å²) in [6.45, 7) is 9.74. The van der Waals surface area contributed by atoms with Crippen molar-refractivity contribution in [2.75, 3.05) is 0 Å². The fourth-order valence-corrected chi connectivity index (χ4v) is 4.32. The van der Waals surface area contributed by atoms with Gasteiger partial charge in [-0.25, -0.2) is 0 Å². The van der Waals surface area contributed by atoms with Crippen molar-refractivity contribution in [1.82, 2.24) is 5.32 Å². The lowest BCUT2D eigenvalue weighted by Gasteiger charge is -2.42. The van der Waals surface area contributed by atoms with E-state index in [2.05, 4.69) is 33.0 Å². The van der Waals surface area contributed by atoms with Gasteiger partial charge >= 0.3 is 0 Å². The lowest BCUT2D eigenvalue weighted by molar-refractivity contribution is 0.120. The molecule has 0 radical (unpaired) electrons. The minimum atomic E-state index is 0.468. The van der Waals surface area contributed by atoms with Crippen LogP contribution < -0.4 is 5.32 Å². The molecule has 0 bridgehead atoms. The van der Waals surface area contributed by atoms with Crippen LogP contribution in [0.1, 0.15) is 85.5 Å². The second kappa shape index (κ2) is 6.61. The van der Waals surface area contributed by atoms with Crippen LogP contribution in [0.3, 0.4) is 0 Å². The Kier molecular flexibility index (Phi) is 5.34. The molecule has 0 aromatic heterocycles. The van der Waals surface area contributed by atoms with Crippen molar-refractivity contribution < 1.29 is 0 Å². The molecule has 4 atom stereocenters. The van der Waals surface area contributed by atoms with Gasteiger partial charge in [0.25, 0.3) is 0 Å². The van der Waals surface area contributed by atoms with E-state index in [1.54, 1.807) is 0 Å². The highest BCUT2D eigenvalue weighted by Crippen LogP contribution is 2.38. The third-order valence-corrected chi connectivity index (χ3v) is 5.59. The molecule has 1 heteroatoms. The second-order valence-corrected chi connectivity index (χ2v) is 8.34. The molecule has 0 amide bonds. The molecule has 0 heterocycles. The molecule has 1 nitrogen and oxygen atoms in total. The molecule has 112 valence electrons. The molecule has 19 heavy (non-hydrogen) atoms. The van der Waals surface area contributed by atoms with Gasteiger partial charge in [0.2, 0.25) is 0 Å². The predicted octanol–water partition coefficient (Wildman–Crippen LogP) is 5.15. The highest BCUT2D eigenvalue weighted by molar-refractivity contribution is 4.90. The SMILES string of the molecule is CC1CCCC(NC2CCCCC2C(C)(C)C)CC1. The highest BCUT2D eigenvalue weighted by atomic mass is 15.0. The van der Waals surface area contributed by atoms with Gasteiger partial charge in [-0.2, -0.15) is 0 Å². The van der Waals surface area contributed by atoms with Crippen LogP contribution in [0.15, 0.2) is 0 Å². The van der Waals surface area contributed by atoms with Crippen molar-refractivity contribution in [1.29, 1.82) is 0 Å². The standard InChI is InChI=1S/C18H35N/c1-14-8-7-9-15(13-12-14)19-17-11-6-5-10-16(17)18(2,3)4/h14-17,19H,5-13H2,1-4H3. The molecule has 2 rings (SSSR count). The van der Waals surface area contributed by atoms with E-state index in [-0.39, 0.29) is 0 Å². The van der Waals surface area contributed by atoms with Crippen LogP contribution in [0.5, 0.6) is 0 Å². The highest BCUT2D eigenvalue weighted by Gasteiger charge is 2.35. The average Bonchev–Trinajstić information content (AvgIpc) is 2.54. The predicted molar refractivity (Wildman–Crippen MR) is 84.4 cm³/mol. The third-order valence-electron chi connectivity index (χ3n) is 5.59. The molecular formula is C18H35N. The Morgan fingerprint density at radius 1 is 0.789 bits per heavy atom. The summed E-state index contributed by atoms with van der Waals surface area (Å²) in [4.78, 5) is 0. The summed E-state index contributed by atoms with van der Waals surface area (Å²) in [5.74, 6) is 1.83. The van der Waals surface area contributed by atoms with Gasteiger partial charge < -0.3 is 5.32 Å². The molecule has 0 aliphatic heterocycles. The molecule has 2 saturated carbocycles. The number of hydrogen-bond donors (Lipinski definition) is 1. The Hall–Kier alpha value is -0.0400. The first kappa shape index (κ1) is 15.4. The quantitative estimate of drug-likeness (QED) is 0.681. The summed E-state index contributed by atoms with van der Waals surface area (Å²) in [6.07, 6.45) is 12.9. The summed E-state index contributed by atoms with van der Waals surface area (Å²) in [5, 5.41) is 4.07. The first-order chi connectivity index (χ1) is 8.97. The summed E-state index contributed by atoms with van der Waals surface area (Å²) in [5.41, 5.74) is 0.468. The van der Waals surface area contributed by atoms with E-state index < -0.39 is 0 Å². The Bertz CT molecular complexity index is 265. The van der Waals surface area contributed by atoms with Crippen LogP contribution in [0.2, 0.25) is 0 Å². The molecule has 2 fully saturated rings. The van der Waals surface area contributed by atoms with Gasteiger partial charge in [-0.1, -0.05) is 53.4 Å². The molecule has 2 aliphatic rings. The van der Waals surface area contributed by atoms with Crippen molar-refractivity contribution in [2.24, 2.45) is 17.3 Å². The van der Waals surface area contributed by atoms with Crippen LogP contribution in [-0.2, 0) is 0 Å². The van der Waals surface area contributed by atoms with E-state index in [0.29, 0.717) is 5.41 Å². The summed E-state index contributed by atoms with van der Waals surface area (Å²) < 4.78 is 0. The minimum Gasteiger partial charge on any atom is -0.311 e. The Morgan fingerprint density at radius 3 is 2.26 bits per heavy atom. The molecule has 0 aromatic carbocycles. The number of rotatable bonds is 2. The van der Waals surface area contributed by atoms with Gasteiger partial charge in [0.05, 0.1) is 0 Å². The molecule has 0 saturated heterocycles. The zero-order chi connectivity index (χ0) is 13.9. The van der Waals surface area contributed by atoms with Crippen molar-refractivity contribution in [3.63, 3.8) is 0 Å². The lowest BCUT2D eigenvalue weighted by Crippen LogP contribution is -2.48. The normalized spacial score (nSPS) is 37.9. The van der Waals surface area contributed by atoms with Crippen LogP contribution in [0.25, 0.3) is 0 Å². The van der Waals surface area contributed by atoms with E-state index in [9.17, 15) is 0 Å². The zero-order valence-electron chi connectivity index (χ0n) is 13.7. The largest absolute Gasteiger partial charge is 0.311 e. The van der Waals surface area contributed by atoms with E-state index >= 15 is 0 Å². The van der Waals surface area contributed by atoms with E-state index in [1.165, 1.54) is 57.8 Å². The smallest absolute Gasteiger partial charge is 0.0103 e. The summed E-state index contributed by atoms with van der Waals surface area (Å²) >= 11 is 0. The molecule has 2 aliphatic carbocycles. The maximum Gasteiger partial charge on any atom is 0.0103 e. The van der Waals surface area contributed by atoms with Crippen molar-refractivity contribution in [3.8, 4) is 0 Å². The van der Waals surface area contributed by atoms with Gasteiger partial charge in [-0.05, 0) is 49.4 Å². The maximum atomic E-state index is 4.07. The molecular weight excluding hydrogens is 230 g/mol. The number of hydrogen-bond acceptors (Lipinski definition) is 1. The van der Waals surface area contributed by atoms with E-state index in [1.807, 2.05) is 0 Å². The van der Waals surface area contributed by atoms with Crippen molar-refractivity contribution in [2.45, 2.75) is 97.6 Å². The Morgan fingerprint density at radius 2 is 1.53 bits per heavy atom. The topological polar surface area (TPSA) is 12.0 Å². The molecule has 0 spiro atoms. The molecule has 1 N–H and O–H groups in total. The van der Waals surface area contributed by atoms with Gasteiger partial charge in [-0.15, -0.1) is 0 Å². The van der Waals surface area contributed by atoms with Crippen LogP contribution >= 0.6 is 0 Å². The van der Waals surface area contributed by atoms with E-state index in [4.69, 9.17) is 0 Å². The zero-order valence-corrected chi connectivity index (χ0v) is 13.7. The summed E-state index contributed by atoms with van der Waals surface area (Å²) in [6, 6.07) is 1.59. The van der Waals surface area contributed by atoms with Crippen molar-refractivity contribution >= 4 is 0 Å². The molecule has 4 unspecified atom stereocenters. The number of nitrogens with one attached hydrogen (secondary N) is 1. The first-order valence-electron chi connectivity index (χ1n) is 8.73.